The quantitative estimate of drug-likeness (QED) is 0.259. The Hall–Kier alpha value is -1.62. The first-order chi connectivity index (χ1) is 10.0. The zero-order valence-electron chi connectivity index (χ0n) is 12.9. The molecule has 0 heterocycles. The number of ether oxygens (including phenoxy) is 2. The molecule has 0 radical (unpaired) electrons. The van der Waals surface area contributed by atoms with Crippen LogP contribution in [0.3, 0.4) is 0 Å². The fourth-order valence-corrected chi connectivity index (χ4v) is 1.59. The van der Waals surface area contributed by atoms with Gasteiger partial charge in [-0.2, -0.15) is 0 Å². The first kappa shape index (κ1) is 19.4. The van der Waals surface area contributed by atoms with Gasteiger partial charge in [0.25, 0.3) is 0 Å². The smallest absolute Gasteiger partial charge is 0.373 e. The Labute approximate surface area is 126 Å². The number of hydrogen-bond donors (Lipinski definition) is 1. The van der Waals surface area contributed by atoms with E-state index in [1.54, 1.807) is 0 Å². The van der Waals surface area contributed by atoms with Gasteiger partial charge in [0.1, 0.15) is 0 Å². The second-order valence-corrected chi connectivity index (χ2v) is 4.79. The molecule has 0 amide bonds. The van der Waals surface area contributed by atoms with Crippen LogP contribution in [0.2, 0.25) is 0 Å². The summed E-state index contributed by atoms with van der Waals surface area (Å²) in [4.78, 5) is 22.9. The van der Waals surface area contributed by atoms with E-state index in [0.29, 0.717) is 6.61 Å². The molecule has 120 valence electrons. The minimum absolute atomic E-state index is 0.0855. The molecule has 0 saturated carbocycles. The van der Waals surface area contributed by atoms with Gasteiger partial charge in [-0.25, -0.2) is 9.59 Å². The molecule has 0 aromatic carbocycles. The van der Waals surface area contributed by atoms with Crippen molar-refractivity contribution in [1.82, 2.24) is 0 Å². The fourth-order valence-electron chi connectivity index (χ4n) is 1.59. The summed E-state index contributed by atoms with van der Waals surface area (Å²) in [6, 6.07) is 0. The lowest BCUT2D eigenvalue weighted by Crippen LogP contribution is -2.15. The molecule has 0 bridgehead atoms. The van der Waals surface area contributed by atoms with Crippen LogP contribution in [0.15, 0.2) is 24.5 Å². The topological polar surface area (TPSA) is 72.8 Å². The third-order valence-corrected chi connectivity index (χ3v) is 2.88. The van der Waals surface area contributed by atoms with Crippen LogP contribution in [0, 0.1) is 0 Å². The van der Waals surface area contributed by atoms with E-state index in [4.69, 9.17) is 14.6 Å². The maximum atomic E-state index is 11.5. The number of hydrogen-bond acceptors (Lipinski definition) is 5. The molecule has 0 aliphatic heterocycles. The summed E-state index contributed by atoms with van der Waals surface area (Å²) in [7, 11) is 0. The van der Waals surface area contributed by atoms with Gasteiger partial charge >= 0.3 is 11.9 Å². The van der Waals surface area contributed by atoms with E-state index in [9.17, 15) is 9.59 Å². The SMILES string of the molecule is C=C(CCO)C(=O)OC(=C)C(=O)OCCCCCCCC. The highest BCUT2D eigenvalue weighted by molar-refractivity contribution is 5.94. The molecular weight excluding hydrogens is 272 g/mol. The maximum absolute atomic E-state index is 11.5. The lowest BCUT2D eigenvalue weighted by molar-refractivity contribution is -0.149. The van der Waals surface area contributed by atoms with E-state index in [1.807, 2.05) is 0 Å². The van der Waals surface area contributed by atoms with E-state index in [0.717, 1.165) is 19.3 Å². The molecule has 0 atom stereocenters. The van der Waals surface area contributed by atoms with Crippen molar-refractivity contribution in [3.05, 3.63) is 24.5 Å². The summed E-state index contributed by atoms with van der Waals surface area (Å²) in [6.07, 6.45) is 6.63. The zero-order chi connectivity index (χ0) is 16.1. The van der Waals surface area contributed by atoms with Crippen LogP contribution in [0.25, 0.3) is 0 Å². The largest absolute Gasteiger partial charge is 0.460 e. The number of carbonyl (C=O) groups is 2. The molecule has 21 heavy (non-hydrogen) atoms. The van der Waals surface area contributed by atoms with Gasteiger partial charge < -0.3 is 14.6 Å². The van der Waals surface area contributed by atoms with Crippen molar-refractivity contribution in [3.63, 3.8) is 0 Å². The summed E-state index contributed by atoms with van der Waals surface area (Å²) < 4.78 is 9.67. The number of carbonyl (C=O) groups excluding carboxylic acids is 2. The van der Waals surface area contributed by atoms with Crippen LogP contribution >= 0.6 is 0 Å². The Morgan fingerprint density at radius 3 is 2.24 bits per heavy atom. The van der Waals surface area contributed by atoms with Gasteiger partial charge in [0.05, 0.1) is 6.61 Å². The van der Waals surface area contributed by atoms with E-state index in [-0.39, 0.29) is 24.4 Å². The standard InChI is InChI=1S/C16H26O5/c1-4-5-6-7-8-9-12-20-16(19)14(3)21-15(18)13(2)10-11-17/h17H,2-12H2,1H3. The highest BCUT2D eigenvalue weighted by Gasteiger charge is 2.16. The summed E-state index contributed by atoms with van der Waals surface area (Å²) in [5.41, 5.74) is 0.0855. The highest BCUT2D eigenvalue weighted by Crippen LogP contribution is 2.08. The van der Waals surface area contributed by atoms with Crippen molar-refractivity contribution >= 4 is 11.9 Å². The Kier molecular flexibility index (Phi) is 11.2. The number of unbranched alkanes of at least 4 members (excludes halogenated alkanes) is 5. The molecule has 0 aliphatic rings. The number of aliphatic hydroxyl groups is 1. The fraction of sp³-hybridized carbons (Fsp3) is 0.625. The van der Waals surface area contributed by atoms with Crippen LogP contribution in [-0.2, 0) is 19.1 Å². The van der Waals surface area contributed by atoms with Crippen molar-refractivity contribution in [2.75, 3.05) is 13.2 Å². The summed E-state index contributed by atoms with van der Waals surface area (Å²) in [5, 5.41) is 8.67. The predicted octanol–water partition coefficient (Wildman–Crippen LogP) is 2.89. The molecule has 0 spiro atoms. The minimum Gasteiger partial charge on any atom is -0.460 e. The average Bonchev–Trinajstić information content (AvgIpc) is 2.46. The first-order valence-corrected chi connectivity index (χ1v) is 7.39. The average molecular weight is 298 g/mol. The zero-order valence-corrected chi connectivity index (χ0v) is 12.9. The van der Waals surface area contributed by atoms with E-state index < -0.39 is 11.9 Å². The van der Waals surface area contributed by atoms with Crippen molar-refractivity contribution in [2.45, 2.75) is 51.9 Å². The van der Waals surface area contributed by atoms with Crippen LogP contribution < -0.4 is 0 Å². The molecule has 0 fully saturated rings. The lowest BCUT2D eigenvalue weighted by atomic mass is 10.1. The van der Waals surface area contributed by atoms with Crippen molar-refractivity contribution in [1.29, 1.82) is 0 Å². The third kappa shape index (κ3) is 9.85. The number of aliphatic hydroxyl groups excluding tert-OH is 1. The molecule has 0 unspecified atom stereocenters. The van der Waals surface area contributed by atoms with Crippen LogP contribution in [-0.4, -0.2) is 30.3 Å². The molecule has 5 heteroatoms. The van der Waals surface area contributed by atoms with Gasteiger partial charge in [0.15, 0.2) is 0 Å². The van der Waals surface area contributed by atoms with Crippen LogP contribution in [0.4, 0.5) is 0 Å². The highest BCUT2D eigenvalue weighted by atomic mass is 16.6. The molecular formula is C16H26O5. The van der Waals surface area contributed by atoms with Crippen molar-refractivity contribution in [2.24, 2.45) is 0 Å². The molecule has 0 saturated heterocycles. The summed E-state index contributed by atoms with van der Waals surface area (Å²) in [5.74, 6) is -1.87. The van der Waals surface area contributed by atoms with Crippen LogP contribution in [0.5, 0.6) is 0 Å². The Bertz CT molecular complexity index is 360. The molecule has 0 aromatic heterocycles. The van der Waals surface area contributed by atoms with Gasteiger partial charge in [0, 0.05) is 18.6 Å². The second-order valence-electron chi connectivity index (χ2n) is 4.79. The maximum Gasteiger partial charge on any atom is 0.373 e. The van der Waals surface area contributed by atoms with Gasteiger partial charge in [0.2, 0.25) is 5.76 Å². The van der Waals surface area contributed by atoms with Gasteiger partial charge in [-0.15, -0.1) is 0 Å². The Morgan fingerprint density at radius 2 is 1.62 bits per heavy atom. The number of esters is 2. The Balaban J connectivity index is 3.78. The van der Waals surface area contributed by atoms with Gasteiger partial charge in [-0.1, -0.05) is 45.6 Å². The number of rotatable bonds is 12. The molecule has 1 N–H and O–H groups in total. The monoisotopic (exact) mass is 298 g/mol. The predicted molar refractivity (Wildman–Crippen MR) is 80.4 cm³/mol. The van der Waals surface area contributed by atoms with Crippen LogP contribution in [0.1, 0.15) is 51.9 Å². The van der Waals surface area contributed by atoms with Gasteiger partial charge in [-0.3, -0.25) is 0 Å². The van der Waals surface area contributed by atoms with Crippen molar-refractivity contribution in [3.8, 4) is 0 Å². The van der Waals surface area contributed by atoms with E-state index in [2.05, 4.69) is 20.1 Å². The van der Waals surface area contributed by atoms with E-state index in [1.165, 1.54) is 19.3 Å². The molecule has 0 aliphatic carbocycles. The molecule has 0 aromatic rings. The third-order valence-electron chi connectivity index (χ3n) is 2.88. The second kappa shape index (κ2) is 12.1. The Morgan fingerprint density at radius 1 is 1.00 bits per heavy atom. The lowest BCUT2D eigenvalue weighted by Gasteiger charge is -2.08. The summed E-state index contributed by atoms with van der Waals surface area (Å²) >= 11 is 0. The summed E-state index contributed by atoms with van der Waals surface area (Å²) in [6.45, 7) is 9.04. The molecule has 0 rings (SSSR count). The van der Waals surface area contributed by atoms with Gasteiger partial charge in [-0.05, 0) is 13.0 Å². The first-order valence-electron chi connectivity index (χ1n) is 7.39. The normalized spacial score (nSPS) is 10.0. The minimum atomic E-state index is -0.773. The van der Waals surface area contributed by atoms with Crippen molar-refractivity contribution < 1.29 is 24.2 Å². The molecule has 5 nitrogen and oxygen atoms in total. The van der Waals surface area contributed by atoms with E-state index >= 15 is 0 Å².